The van der Waals surface area contributed by atoms with Crippen LogP contribution in [0.4, 0.5) is 0 Å². The summed E-state index contributed by atoms with van der Waals surface area (Å²) in [7, 11) is 0. The molecule has 7 heteroatoms. The van der Waals surface area contributed by atoms with Crippen LogP contribution in [0.3, 0.4) is 0 Å². The molecule has 1 fully saturated rings. The maximum atomic E-state index is 13.1. The van der Waals surface area contributed by atoms with Crippen molar-refractivity contribution in [3.8, 4) is 11.8 Å². The van der Waals surface area contributed by atoms with Crippen LogP contribution >= 0.6 is 11.6 Å². The highest BCUT2D eigenvalue weighted by molar-refractivity contribution is 6.30. The number of ether oxygens (including phenoxy) is 2. The number of benzene rings is 1. The zero-order chi connectivity index (χ0) is 20.4. The number of ketones is 1. The van der Waals surface area contributed by atoms with Gasteiger partial charge in [-0.15, -0.1) is 0 Å². The van der Waals surface area contributed by atoms with Crippen LogP contribution in [0.5, 0.6) is 11.8 Å². The summed E-state index contributed by atoms with van der Waals surface area (Å²) in [6.07, 6.45) is 6.18. The standard InChI is InChI=1S/C22H23ClN2O4/c1-2-14-3-4-16(29-21-24-12-15(23)13-25-21)9-17(14)20-18(26)10-22(11-19(20)27)5-7-28-8-6-22/h3-4,9,12-13,26H,2,5-8,10-11H2,1H3. The molecule has 2 aromatic rings. The lowest BCUT2D eigenvalue weighted by Crippen LogP contribution is -2.36. The van der Waals surface area contributed by atoms with E-state index in [1.54, 1.807) is 6.07 Å². The van der Waals surface area contributed by atoms with Gasteiger partial charge in [-0.2, -0.15) is 0 Å². The molecular formula is C22H23ClN2O4. The van der Waals surface area contributed by atoms with E-state index in [0.717, 1.165) is 24.8 Å². The van der Waals surface area contributed by atoms with Crippen molar-refractivity contribution in [2.75, 3.05) is 13.2 Å². The van der Waals surface area contributed by atoms with Gasteiger partial charge in [0.1, 0.15) is 11.5 Å². The number of Topliss-reactive ketones (excluding diaryl/α,β-unsaturated/α-hetero) is 1. The quantitative estimate of drug-likeness (QED) is 0.765. The molecule has 1 spiro atoms. The third-order valence-corrected chi connectivity index (χ3v) is 5.93. The normalized spacial score (nSPS) is 18.9. The smallest absolute Gasteiger partial charge is 0.321 e. The number of carbonyl (C=O) groups excluding carboxylic acids is 1. The summed E-state index contributed by atoms with van der Waals surface area (Å²) >= 11 is 5.81. The summed E-state index contributed by atoms with van der Waals surface area (Å²) in [6, 6.07) is 5.67. The van der Waals surface area contributed by atoms with Crippen LogP contribution in [0.15, 0.2) is 36.4 Å². The van der Waals surface area contributed by atoms with Gasteiger partial charge in [-0.05, 0) is 47.9 Å². The number of halogens is 1. The Hall–Kier alpha value is -2.44. The van der Waals surface area contributed by atoms with Crippen molar-refractivity contribution in [3.63, 3.8) is 0 Å². The van der Waals surface area contributed by atoms with Gasteiger partial charge < -0.3 is 14.6 Å². The molecule has 1 aromatic heterocycles. The molecule has 1 aliphatic heterocycles. The summed E-state index contributed by atoms with van der Waals surface area (Å²) in [5.74, 6) is 0.641. The van der Waals surface area contributed by atoms with Crippen LogP contribution in [0.25, 0.3) is 5.57 Å². The molecule has 0 bridgehead atoms. The monoisotopic (exact) mass is 414 g/mol. The van der Waals surface area contributed by atoms with E-state index in [9.17, 15) is 9.90 Å². The number of aliphatic hydroxyl groups is 1. The van der Waals surface area contributed by atoms with Gasteiger partial charge in [0.15, 0.2) is 5.78 Å². The number of rotatable bonds is 4. The zero-order valence-corrected chi connectivity index (χ0v) is 17.0. The Balaban J connectivity index is 1.68. The number of nitrogens with zero attached hydrogens (tertiary/aromatic N) is 2. The first-order valence-corrected chi connectivity index (χ1v) is 10.2. The summed E-state index contributed by atoms with van der Waals surface area (Å²) < 4.78 is 11.2. The van der Waals surface area contributed by atoms with E-state index in [1.807, 2.05) is 19.1 Å². The lowest BCUT2D eigenvalue weighted by Gasteiger charge is -2.39. The molecule has 4 rings (SSSR count). The first kappa shape index (κ1) is 19.9. The van der Waals surface area contributed by atoms with Gasteiger partial charge in [-0.1, -0.05) is 24.6 Å². The summed E-state index contributed by atoms with van der Waals surface area (Å²) in [4.78, 5) is 21.2. The number of carbonyl (C=O) groups is 1. The summed E-state index contributed by atoms with van der Waals surface area (Å²) in [6.45, 7) is 3.30. The fraction of sp³-hybridized carbons (Fsp3) is 0.409. The Kier molecular flexibility index (Phi) is 5.56. The number of hydrogen-bond donors (Lipinski definition) is 1. The molecule has 2 heterocycles. The molecule has 1 aromatic carbocycles. The predicted molar refractivity (Wildman–Crippen MR) is 109 cm³/mol. The van der Waals surface area contributed by atoms with Crippen molar-refractivity contribution in [3.05, 3.63) is 52.5 Å². The van der Waals surface area contributed by atoms with E-state index < -0.39 is 0 Å². The van der Waals surface area contributed by atoms with E-state index >= 15 is 0 Å². The van der Waals surface area contributed by atoms with Gasteiger partial charge in [0.25, 0.3) is 0 Å². The fourth-order valence-corrected chi connectivity index (χ4v) is 4.28. The molecule has 0 unspecified atom stereocenters. The average molecular weight is 415 g/mol. The van der Waals surface area contributed by atoms with Gasteiger partial charge in [0.05, 0.1) is 23.0 Å². The Bertz CT molecular complexity index is 950. The first-order chi connectivity index (χ1) is 14.0. The van der Waals surface area contributed by atoms with Crippen LogP contribution in [0, 0.1) is 5.41 Å². The Morgan fingerprint density at radius 2 is 1.93 bits per heavy atom. The van der Waals surface area contributed by atoms with Gasteiger partial charge in [0, 0.05) is 26.1 Å². The van der Waals surface area contributed by atoms with Crippen molar-refractivity contribution in [2.24, 2.45) is 5.41 Å². The largest absolute Gasteiger partial charge is 0.512 e. The van der Waals surface area contributed by atoms with E-state index in [1.165, 1.54) is 12.4 Å². The second-order valence-corrected chi connectivity index (χ2v) is 8.11. The lowest BCUT2D eigenvalue weighted by molar-refractivity contribution is -0.118. The minimum absolute atomic E-state index is 0.0229. The molecule has 1 saturated heterocycles. The Morgan fingerprint density at radius 3 is 2.59 bits per heavy atom. The highest BCUT2D eigenvalue weighted by Crippen LogP contribution is 2.47. The number of aliphatic hydroxyl groups excluding tert-OH is 1. The van der Waals surface area contributed by atoms with Gasteiger partial charge in [-0.3, -0.25) is 4.79 Å². The highest BCUT2D eigenvalue weighted by Gasteiger charge is 2.41. The fourth-order valence-electron chi connectivity index (χ4n) is 4.18. The number of aromatic nitrogens is 2. The molecule has 0 saturated carbocycles. The molecule has 0 amide bonds. The van der Waals surface area contributed by atoms with Crippen LogP contribution in [-0.4, -0.2) is 34.1 Å². The second kappa shape index (κ2) is 8.13. The first-order valence-electron chi connectivity index (χ1n) is 9.81. The molecule has 0 atom stereocenters. The minimum atomic E-state index is -0.180. The predicted octanol–water partition coefficient (Wildman–Crippen LogP) is 4.91. The molecule has 29 heavy (non-hydrogen) atoms. The Labute approximate surface area is 174 Å². The highest BCUT2D eigenvalue weighted by atomic mass is 35.5. The van der Waals surface area contributed by atoms with Crippen LogP contribution in [-0.2, 0) is 16.0 Å². The van der Waals surface area contributed by atoms with Crippen molar-refractivity contribution in [1.29, 1.82) is 0 Å². The van der Waals surface area contributed by atoms with Crippen molar-refractivity contribution in [1.82, 2.24) is 9.97 Å². The molecule has 1 aliphatic carbocycles. The van der Waals surface area contributed by atoms with E-state index in [0.29, 0.717) is 48.0 Å². The number of hydrogen-bond acceptors (Lipinski definition) is 6. The van der Waals surface area contributed by atoms with Crippen molar-refractivity contribution < 1.29 is 19.4 Å². The summed E-state index contributed by atoms with van der Waals surface area (Å²) in [5.41, 5.74) is 1.91. The molecule has 6 nitrogen and oxygen atoms in total. The van der Waals surface area contributed by atoms with E-state index in [2.05, 4.69) is 9.97 Å². The van der Waals surface area contributed by atoms with Gasteiger partial charge >= 0.3 is 6.01 Å². The zero-order valence-electron chi connectivity index (χ0n) is 16.3. The van der Waals surface area contributed by atoms with Crippen LogP contribution in [0.1, 0.15) is 43.7 Å². The van der Waals surface area contributed by atoms with Gasteiger partial charge in [0.2, 0.25) is 0 Å². The molecule has 0 radical (unpaired) electrons. The van der Waals surface area contributed by atoms with Gasteiger partial charge in [-0.25, -0.2) is 9.97 Å². The maximum Gasteiger partial charge on any atom is 0.321 e. The van der Waals surface area contributed by atoms with Crippen LogP contribution < -0.4 is 4.74 Å². The van der Waals surface area contributed by atoms with E-state index in [4.69, 9.17) is 21.1 Å². The molecular weight excluding hydrogens is 392 g/mol. The van der Waals surface area contributed by atoms with Crippen molar-refractivity contribution >= 4 is 23.0 Å². The van der Waals surface area contributed by atoms with Crippen LogP contribution in [0.2, 0.25) is 5.02 Å². The SMILES string of the molecule is CCc1ccc(Oc2ncc(Cl)cn2)cc1C1=C(O)CC2(CCOCC2)CC1=O. The van der Waals surface area contributed by atoms with E-state index in [-0.39, 0.29) is 23.0 Å². The van der Waals surface area contributed by atoms with Crippen molar-refractivity contribution in [2.45, 2.75) is 39.0 Å². The third-order valence-electron chi connectivity index (χ3n) is 5.74. The molecule has 2 aliphatic rings. The topological polar surface area (TPSA) is 81.5 Å². The summed E-state index contributed by atoms with van der Waals surface area (Å²) in [5, 5.41) is 11.3. The second-order valence-electron chi connectivity index (χ2n) is 7.67. The number of aryl methyl sites for hydroxylation is 1. The number of allylic oxidation sites excluding steroid dienone is 2. The lowest BCUT2D eigenvalue weighted by atomic mass is 9.67. The third kappa shape index (κ3) is 4.14. The Morgan fingerprint density at radius 1 is 1.21 bits per heavy atom. The minimum Gasteiger partial charge on any atom is -0.512 e. The average Bonchev–Trinajstić information content (AvgIpc) is 2.70. The molecule has 1 N–H and O–H groups in total. The molecule has 152 valence electrons. The maximum absolute atomic E-state index is 13.1.